The lowest BCUT2D eigenvalue weighted by molar-refractivity contribution is -0.126. The number of hydrogen-bond acceptors (Lipinski definition) is 4. The first-order chi connectivity index (χ1) is 14.2. The minimum atomic E-state index is -3.55. The van der Waals surface area contributed by atoms with Crippen LogP contribution in [0.5, 0.6) is 0 Å². The highest BCUT2D eigenvalue weighted by Crippen LogP contribution is 2.25. The van der Waals surface area contributed by atoms with Crippen molar-refractivity contribution in [3.05, 3.63) is 63.6 Å². The van der Waals surface area contributed by atoms with E-state index in [0.29, 0.717) is 41.7 Å². The van der Waals surface area contributed by atoms with Crippen molar-refractivity contribution < 1.29 is 13.2 Å². The van der Waals surface area contributed by atoms with Crippen molar-refractivity contribution in [1.82, 2.24) is 9.73 Å². The lowest BCUT2D eigenvalue weighted by Gasteiger charge is -2.30. The largest absolute Gasteiger partial charge is 0.273 e. The van der Waals surface area contributed by atoms with Gasteiger partial charge in [-0.25, -0.2) is 13.8 Å². The Bertz CT molecular complexity index is 1060. The zero-order valence-corrected chi connectivity index (χ0v) is 19.1. The van der Waals surface area contributed by atoms with Gasteiger partial charge < -0.3 is 0 Å². The Morgan fingerprint density at radius 1 is 1.07 bits per heavy atom. The topological polar surface area (TPSA) is 78.8 Å². The van der Waals surface area contributed by atoms with E-state index in [1.54, 1.807) is 49.4 Å². The third-order valence-electron chi connectivity index (χ3n) is 5.15. The van der Waals surface area contributed by atoms with Gasteiger partial charge in [-0.2, -0.15) is 9.41 Å². The predicted octanol–water partition coefficient (Wildman–Crippen LogP) is 4.24. The number of amides is 1. The van der Waals surface area contributed by atoms with E-state index in [1.165, 1.54) is 4.31 Å². The molecule has 0 radical (unpaired) electrons. The molecule has 0 spiro atoms. The molecule has 0 aliphatic carbocycles. The molecule has 1 saturated heterocycles. The first-order valence-electron chi connectivity index (χ1n) is 9.55. The van der Waals surface area contributed by atoms with Crippen LogP contribution in [0.4, 0.5) is 0 Å². The minimum Gasteiger partial charge on any atom is -0.273 e. The summed E-state index contributed by atoms with van der Waals surface area (Å²) in [4.78, 5) is 12.8. The van der Waals surface area contributed by atoms with Gasteiger partial charge in [-0.05, 0) is 56.5 Å². The van der Waals surface area contributed by atoms with Crippen molar-refractivity contribution in [2.24, 2.45) is 11.0 Å². The van der Waals surface area contributed by atoms with Gasteiger partial charge in [-0.15, -0.1) is 0 Å². The summed E-state index contributed by atoms with van der Waals surface area (Å²) in [5, 5.41) is 5.01. The molecule has 6 nitrogen and oxygen atoms in total. The number of hydrazone groups is 1. The van der Waals surface area contributed by atoms with Crippen LogP contribution in [0.2, 0.25) is 10.0 Å². The quantitative estimate of drug-likeness (QED) is 0.527. The van der Waals surface area contributed by atoms with Crippen LogP contribution in [0, 0.1) is 12.8 Å². The zero-order chi connectivity index (χ0) is 21.9. The number of hydrogen-bond donors (Lipinski definition) is 1. The second-order valence-corrected chi connectivity index (χ2v) is 10.0. The van der Waals surface area contributed by atoms with Gasteiger partial charge in [-0.1, -0.05) is 47.0 Å². The van der Waals surface area contributed by atoms with E-state index in [9.17, 15) is 13.2 Å². The third-order valence-corrected chi connectivity index (χ3v) is 7.81. The Labute approximate surface area is 186 Å². The summed E-state index contributed by atoms with van der Waals surface area (Å²) in [6, 6.07) is 11.9. The third kappa shape index (κ3) is 5.21. The van der Waals surface area contributed by atoms with Crippen LogP contribution >= 0.6 is 23.2 Å². The maximum atomic E-state index is 12.8. The second kappa shape index (κ2) is 9.47. The van der Waals surface area contributed by atoms with Gasteiger partial charge in [0.2, 0.25) is 15.9 Å². The average molecular weight is 468 g/mol. The minimum absolute atomic E-state index is 0.221. The first kappa shape index (κ1) is 22.7. The van der Waals surface area contributed by atoms with Crippen molar-refractivity contribution in [2.75, 3.05) is 13.1 Å². The number of halogens is 2. The highest BCUT2D eigenvalue weighted by Gasteiger charge is 2.32. The normalized spacial score (nSPS) is 16.5. The van der Waals surface area contributed by atoms with Gasteiger partial charge in [0.1, 0.15) is 0 Å². The number of piperidine rings is 1. The van der Waals surface area contributed by atoms with Crippen LogP contribution in [0.25, 0.3) is 0 Å². The van der Waals surface area contributed by atoms with E-state index in [0.717, 1.165) is 11.1 Å². The number of carbonyl (C=O) groups is 1. The maximum absolute atomic E-state index is 12.8. The molecule has 0 saturated carbocycles. The Morgan fingerprint density at radius 2 is 1.70 bits per heavy atom. The van der Waals surface area contributed by atoms with Gasteiger partial charge in [0.05, 0.1) is 20.7 Å². The van der Waals surface area contributed by atoms with E-state index in [4.69, 9.17) is 23.2 Å². The highest BCUT2D eigenvalue weighted by molar-refractivity contribution is 7.89. The molecule has 1 heterocycles. The van der Waals surface area contributed by atoms with Crippen molar-refractivity contribution in [3.63, 3.8) is 0 Å². The summed E-state index contributed by atoms with van der Waals surface area (Å²) in [5.74, 6) is -0.512. The molecule has 1 amide bonds. The van der Waals surface area contributed by atoms with Gasteiger partial charge in [0, 0.05) is 19.0 Å². The molecule has 1 N–H and O–H groups in total. The van der Waals surface area contributed by atoms with Crippen LogP contribution in [-0.4, -0.2) is 37.4 Å². The molecule has 0 unspecified atom stereocenters. The number of sulfonamides is 1. The van der Waals surface area contributed by atoms with E-state index < -0.39 is 10.0 Å². The van der Waals surface area contributed by atoms with E-state index in [2.05, 4.69) is 10.5 Å². The molecule has 2 aromatic rings. The summed E-state index contributed by atoms with van der Waals surface area (Å²) < 4.78 is 27.0. The van der Waals surface area contributed by atoms with E-state index >= 15 is 0 Å². The molecule has 160 valence electrons. The van der Waals surface area contributed by atoms with Crippen molar-refractivity contribution in [1.29, 1.82) is 0 Å². The van der Waals surface area contributed by atoms with Crippen molar-refractivity contribution in [2.45, 2.75) is 31.6 Å². The molecule has 3 rings (SSSR count). The van der Waals surface area contributed by atoms with Gasteiger partial charge in [-0.3, -0.25) is 4.79 Å². The van der Waals surface area contributed by atoms with Crippen LogP contribution in [0.1, 0.15) is 30.9 Å². The van der Waals surface area contributed by atoms with E-state index in [-0.39, 0.29) is 16.7 Å². The Hall–Kier alpha value is -1.93. The molecule has 9 heteroatoms. The Morgan fingerprint density at radius 3 is 2.30 bits per heavy atom. The molecule has 0 aromatic heterocycles. The molecule has 30 heavy (non-hydrogen) atoms. The molecule has 2 aromatic carbocycles. The van der Waals surface area contributed by atoms with Crippen molar-refractivity contribution in [3.8, 4) is 0 Å². The average Bonchev–Trinajstić information content (AvgIpc) is 2.74. The zero-order valence-electron chi connectivity index (χ0n) is 16.7. The fourth-order valence-electron chi connectivity index (χ4n) is 3.23. The molecule has 1 aliphatic heterocycles. The summed E-state index contributed by atoms with van der Waals surface area (Å²) in [6.45, 7) is 4.26. The summed E-state index contributed by atoms with van der Waals surface area (Å²) in [5.41, 5.74) is 4.93. The Kier molecular flexibility index (Phi) is 7.18. The number of benzene rings is 2. The predicted molar refractivity (Wildman–Crippen MR) is 119 cm³/mol. The molecular weight excluding hydrogens is 445 g/mol. The lowest BCUT2D eigenvalue weighted by Crippen LogP contribution is -2.42. The summed E-state index contributed by atoms with van der Waals surface area (Å²) in [7, 11) is -3.55. The SMILES string of the molecule is CC(=NNC(=O)C1CCN(S(=O)(=O)c2ccc(C)cc2)CC1)c1ccc(Cl)c(Cl)c1. The van der Waals surface area contributed by atoms with Gasteiger partial charge in [0.25, 0.3) is 0 Å². The fraction of sp³-hybridized carbons (Fsp3) is 0.333. The molecule has 0 bridgehead atoms. The van der Waals surface area contributed by atoms with Gasteiger partial charge in [0.15, 0.2) is 0 Å². The lowest BCUT2D eigenvalue weighted by atomic mass is 9.98. The van der Waals surface area contributed by atoms with Crippen LogP contribution in [0.3, 0.4) is 0 Å². The second-order valence-electron chi connectivity index (χ2n) is 7.29. The number of nitrogens with zero attached hydrogens (tertiary/aromatic N) is 2. The monoisotopic (exact) mass is 467 g/mol. The standard InChI is InChI=1S/C21H23Cl2N3O3S/c1-14-3-6-18(7-4-14)30(28,29)26-11-9-16(10-12-26)21(27)25-24-15(2)17-5-8-19(22)20(23)13-17/h3-8,13,16H,9-12H2,1-2H3,(H,25,27). The molecule has 1 fully saturated rings. The summed E-state index contributed by atoms with van der Waals surface area (Å²) >= 11 is 11.9. The maximum Gasteiger partial charge on any atom is 0.243 e. The molecule has 0 atom stereocenters. The van der Waals surface area contributed by atoms with Crippen LogP contribution < -0.4 is 5.43 Å². The van der Waals surface area contributed by atoms with Crippen molar-refractivity contribution >= 4 is 44.8 Å². The molecule has 1 aliphatic rings. The first-order valence-corrected chi connectivity index (χ1v) is 11.7. The number of rotatable bonds is 5. The summed E-state index contributed by atoms with van der Waals surface area (Å²) in [6.07, 6.45) is 0.885. The smallest absolute Gasteiger partial charge is 0.243 e. The highest BCUT2D eigenvalue weighted by atomic mass is 35.5. The van der Waals surface area contributed by atoms with Crippen LogP contribution in [-0.2, 0) is 14.8 Å². The number of carbonyl (C=O) groups excluding carboxylic acids is 1. The fourth-order valence-corrected chi connectivity index (χ4v) is 5.00. The number of aryl methyl sites for hydroxylation is 1. The number of nitrogens with one attached hydrogen (secondary N) is 1. The van der Waals surface area contributed by atoms with Gasteiger partial charge >= 0.3 is 0 Å². The molecular formula is C21H23Cl2N3O3S. The Balaban J connectivity index is 1.58. The van der Waals surface area contributed by atoms with E-state index in [1.807, 2.05) is 6.92 Å². The van der Waals surface area contributed by atoms with Crippen LogP contribution in [0.15, 0.2) is 52.5 Å².